The molecule has 0 aliphatic rings. The molecule has 0 saturated carbocycles. The first-order valence-corrected chi connectivity index (χ1v) is 6.03. The van der Waals surface area contributed by atoms with E-state index in [2.05, 4.69) is 51.1 Å². The van der Waals surface area contributed by atoms with Crippen LogP contribution in [0.2, 0.25) is 0 Å². The fraction of sp³-hybridized carbons (Fsp3) is 0.467. The van der Waals surface area contributed by atoms with Crippen LogP contribution >= 0.6 is 0 Å². The molecule has 0 aliphatic carbocycles. The van der Waals surface area contributed by atoms with Gasteiger partial charge >= 0.3 is 0 Å². The summed E-state index contributed by atoms with van der Waals surface area (Å²) in [6.07, 6.45) is 5.38. The standard InChI is InChI=1S/C15H22O/c1-5-7-8-13(4)14-11-12(3)9-10-15(14)16-6-2/h5,7,9-11,13H,6,8H2,1-4H3/b7-5-. The molecule has 1 aromatic carbocycles. The van der Waals surface area contributed by atoms with Gasteiger partial charge < -0.3 is 4.74 Å². The number of allylic oxidation sites excluding steroid dienone is 2. The molecule has 0 N–H and O–H groups in total. The summed E-state index contributed by atoms with van der Waals surface area (Å²) >= 11 is 0. The Kier molecular flexibility index (Phi) is 5.10. The van der Waals surface area contributed by atoms with Crippen molar-refractivity contribution in [2.75, 3.05) is 6.61 Å². The molecule has 1 atom stereocenters. The van der Waals surface area contributed by atoms with Crippen LogP contribution < -0.4 is 4.74 Å². The Hall–Kier alpha value is -1.24. The smallest absolute Gasteiger partial charge is 0.122 e. The first-order valence-electron chi connectivity index (χ1n) is 6.03. The van der Waals surface area contributed by atoms with Crippen molar-refractivity contribution in [3.8, 4) is 5.75 Å². The Bertz CT molecular complexity index is 352. The fourth-order valence-electron chi connectivity index (χ4n) is 1.81. The highest BCUT2D eigenvalue weighted by Crippen LogP contribution is 2.30. The highest BCUT2D eigenvalue weighted by molar-refractivity contribution is 5.39. The van der Waals surface area contributed by atoms with Gasteiger partial charge in [-0.1, -0.05) is 36.8 Å². The lowest BCUT2D eigenvalue weighted by molar-refractivity contribution is 0.334. The molecule has 0 aliphatic heterocycles. The molecule has 0 radical (unpaired) electrons. The van der Waals surface area contributed by atoms with Crippen LogP contribution in [0.1, 0.15) is 44.2 Å². The lowest BCUT2D eigenvalue weighted by atomic mass is 9.95. The molecular formula is C15H22O. The van der Waals surface area contributed by atoms with Gasteiger partial charge in [0.15, 0.2) is 0 Å². The number of benzene rings is 1. The van der Waals surface area contributed by atoms with E-state index in [9.17, 15) is 0 Å². The fourth-order valence-corrected chi connectivity index (χ4v) is 1.81. The molecule has 0 saturated heterocycles. The summed E-state index contributed by atoms with van der Waals surface area (Å²) in [7, 11) is 0. The maximum absolute atomic E-state index is 5.67. The maximum atomic E-state index is 5.67. The summed E-state index contributed by atoms with van der Waals surface area (Å²) in [6.45, 7) is 9.19. The molecule has 0 heterocycles. The van der Waals surface area contributed by atoms with Gasteiger partial charge in [-0.2, -0.15) is 0 Å². The molecule has 0 bridgehead atoms. The molecule has 1 heteroatoms. The molecule has 88 valence electrons. The van der Waals surface area contributed by atoms with Crippen LogP contribution in [0.15, 0.2) is 30.4 Å². The lowest BCUT2D eigenvalue weighted by Crippen LogP contribution is -2.00. The molecule has 0 amide bonds. The van der Waals surface area contributed by atoms with Crippen LogP contribution in [-0.2, 0) is 0 Å². The van der Waals surface area contributed by atoms with Crippen LogP contribution in [0.25, 0.3) is 0 Å². The number of ether oxygens (including phenoxy) is 1. The van der Waals surface area contributed by atoms with Gasteiger partial charge in [0.25, 0.3) is 0 Å². The Morgan fingerprint density at radius 3 is 2.75 bits per heavy atom. The van der Waals surface area contributed by atoms with Crippen molar-refractivity contribution in [1.29, 1.82) is 0 Å². The second-order valence-electron chi connectivity index (χ2n) is 4.18. The highest BCUT2D eigenvalue weighted by Gasteiger charge is 2.10. The zero-order valence-corrected chi connectivity index (χ0v) is 10.8. The van der Waals surface area contributed by atoms with E-state index in [0.29, 0.717) is 5.92 Å². The van der Waals surface area contributed by atoms with Gasteiger partial charge in [-0.05, 0) is 44.7 Å². The number of aryl methyl sites for hydroxylation is 1. The summed E-state index contributed by atoms with van der Waals surface area (Å²) in [5, 5.41) is 0. The summed E-state index contributed by atoms with van der Waals surface area (Å²) < 4.78 is 5.67. The third-order valence-corrected chi connectivity index (χ3v) is 2.72. The number of rotatable bonds is 5. The van der Waals surface area contributed by atoms with Gasteiger partial charge in [-0.3, -0.25) is 0 Å². The Morgan fingerprint density at radius 2 is 2.12 bits per heavy atom. The Morgan fingerprint density at radius 1 is 1.38 bits per heavy atom. The van der Waals surface area contributed by atoms with Crippen molar-refractivity contribution < 1.29 is 4.74 Å². The quantitative estimate of drug-likeness (QED) is 0.663. The zero-order chi connectivity index (χ0) is 12.0. The van der Waals surface area contributed by atoms with Gasteiger partial charge in [0.1, 0.15) is 5.75 Å². The molecule has 1 rings (SSSR count). The second-order valence-corrected chi connectivity index (χ2v) is 4.18. The van der Waals surface area contributed by atoms with Gasteiger partial charge in [0, 0.05) is 0 Å². The van der Waals surface area contributed by atoms with Gasteiger partial charge in [0.2, 0.25) is 0 Å². The summed E-state index contributed by atoms with van der Waals surface area (Å²) in [4.78, 5) is 0. The minimum Gasteiger partial charge on any atom is -0.494 e. The SMILES string of the molecule is C/C=C\CC(C)c1cc(C)ccc1OCC. The van der Waals surface area contributed by atoms with Crippen molar-refractivity contribution in [3.63, 3.8) is 0 Å². The molecule has 0 spiro atoms. The molecule has 1 unspecified atom stereocenters. The molecule has 1 nitrogen and oxygen atoms in total. The lowest BCUT2D eigenvalue weighted by Gasteiger charge is -2.16. The van der Waals surface area contributed by atoms with Crippen LogP contribution in [0.4, 0.5) is 0 Å². The average molecular weight is 218 g/mol. The number of hydrogen-bond acceptors (Lipinski definition) is 1. The van der Waals surface area contributed by atoms with Gasteiger partial charge in [-0.15, -0.1) is 0 Å². The van der Waals surface area contributed by atoms with Gasteiger partial charge in [-0.25, -0.2) is 0 Å². The van der Waals surface area contributed by atoms with Crippen molar-refractivity contribution in [1.82, 2.24) is 0 Å². The zero-order valence-electron chi connectivity index (χ0n) is 10.8. The average Bonchev–Trinajstić information content (AvgIpc) is 2.28. The third-order valence-electron chi connectivity index (χ3n) is 2.72. The number of hydrogen-bond donors (Lipinski definition) is 0. The Labute approximate surface area is 99.1 Å². The molecule has 16 heavy (non-hydrogen) atoms. The van der Waals surface area contributed by atoms with Crippen molar-refractivity contribution in [2.24, 2.45) is 0 Å². The maximum Gasteiger partial charge on any atom is 0.122 e. The van der Waals surface area contributed by atoms with Gasteiger partial charge in [0.05, 0.1) is 6.61 Å². The van der Waals surface area contributed by atoms with E-state index in [0.717, 1.165) is 18.8 Å². The minimum atomic E-state index is 0.512. The van der Waals surface area contributed by atoms with E-state index in [1.807, 2.05) is 6.92 Å². The van der Waals surface area contributed by atoms with Crippen molar-refractivity contribution >= 4 is 0 Å². The third kappa shape index (κ3) is 3.41. The van der Waals surface area contributed by atoms with Crippen LogP contribution in [-0.4, -0.2) is 6.61 Å². The van der Waals surface area contributed by atoms with E-state index in [1.165, 1.54) is 11.1 Å². The monoisotopic (exact) mass is 218 g/mol. The van der Waals surface area contributed by atoms with Crippen LogP contribution in [0.3, 0.4) is 0 Å². The van der Waals surface area contributed by atoms with E-state index in [4.69, 9.17) is 4.74 Å². The second kappa shape index (κ2) is 6.37. The van der Waals surface area contributed by atoms with Crippen LogP contribution in [0, 0.1) is 6.92 Å². The predicted octanol–water partition coefficient (Wildman–Crippen LogP) is 4.46. The molecule has 1 aromatic rings. The van der Waals surface area contributed by atoms with E-state index in [-0.39, 0.29) is 0 Å². The van der Waals surface area contributed by atoms with E-state index >= 15 is 0 Å². The molecule has 0 fully saturated rings. The van der Waals surface area contributed by atoms with Crippen LogP contribution in [0.5, 0.6) is 5.75 Å². The summed E-state index contributed by atoms with van der Waals surface area (Å²) in [6, 6.07) is 6.43. The summed E-state index contributed by atoms with van der Waals surface area (Å²) in [5.41, 5.74) is 2.62. The predicted molar refractivity (Wildman–Crippen MR) is 70.2 cm³/mol. The molecule has 0 aromatic heterocycles. The first kappa shape index (κ1) is 12.8. The van der Waals surface area contributed by atoms with Crippen molar-refractivity contribution in [2.45, 2.75) is 40.0 Å². The Balaban J connectivity index is 2.93. The largest absolute Gasteiger partial charge is 0.494 e. The summed E-state index contributed by atoms with van der Waals surface area (Å²) in [5.74, 6) is 1.54. The molecular weight excluding hydrogens is 196 g/mol. The minimum absolute atomic E-state index is 0.512. The van der Waals surface area contributed by atoms with Crippen molar-refractivity contribution in [3.05, 3.63) is 41.5 Å². The topological polar surface area (TPSA) is 9.23 Å². The first-order chi connectivity index (χ1) is 7.69. The van der Waals surface area contributed by atoms with E-state index in [1.54, 1.807) is 0 Å². The van der Waals surface area contributed by atoms with E-state index < -0.39 is 0 Å². The highest BCUT2D eigenvalue weighted by atomic mass is 16.5. The normalized spacial score (nSPS) is 13.0.